The largest absolute Gasteiger partial charge is 0.355 e. The van der Waals surface area contributed by atoms with Crippen molar-refractivity contribution in [2.75, 3.05) is 31.5 Å². The molecule has 2 aliphatic rings. The smallest absolute Gasteiger partial charge is 0.256 e. The number of anilines is 10. The summed E-state index contributed by atoms with van der Waals surface area (Å²) in [5.74, 6) is 17.1. The van der Waals surface area contributed by atoms with Crippen LogP contribution in [0.5, 0.6) is 0 Å². The first-order valence-corrected chi connectivity index (χ1v) is 37.1. The quantitative estimate of drug-likeness (QED) is 0.0432. The lowest BCUT2D eigenvalue weighted by atomic mass is 10.1. The Morgan fingerprint density at radius 2 is 0.918 bits per heavy atom. The van der Waals surface area contributed by atoms with Gasteiger partial charge in [0.25, 0.3) is 5.91 Å². The highest BCUT2D eigenvalue weighted by Crippen LogP contribution is 2.44. The molecule has 23 heteroatoms. The molecule has 4 atom stereocenters. The second-order valence-electron chi connectivity index (χ2n) is 24.9. The van der Waals surface area contributed by atoms with Gasteiger partial charge in [0.2, 0.25) is 11.8 Å². The third-order valence-corrected chi connectivity index (χ3v) is 18.7. The zero-order valence-corrected chi connectivity index (χ0v) is 66.0. The second kappa shape index (κ2) is 38.3. The zero-order valence-electron chi connectivity index (χ0n) is 61.4. The van der Waals surface area contributed by atoms with E-state index in [0.717, 1.165) is 90.1 Å². The van der Waals surface area contributed by atoms with Gasteiger partial charge in [0.1, 0.15) is 17.5 Å². The van der Waals surface area contributed by atoms with E-state index in [9.17, 15) is 14.4 Å². The molecule has 0 fully saturated rings. The Balaban J connectivity index is 0.000000147. The SMILES string of the molecule is CC#Cc1ccccc1N(C(=O)C(C)Cl)c1ccc(Cl)cc1.CC#Cc1ccccc1N(C(=O)C(C)N=[N+]=[N-])c1ccc(Cl)cc1.CC#Cc1ccccc1Nc1ccc(Cl)cc1.Cc1nnn2c1-c1ccccc1N(c1ccc(Cl)cc1)C(=O)C2C.Cc1nnn2c1-c1ccccc1N(c1ccc(Cl)cc1)CC2C. The molecular weight excluding hydrogens is 1500 g/mol. The van der Waals surface area contributed by atoms with E-state index in [2.05, 4.69) is 120 Å². The molecule has 0 radical (unpaired) electrons. The molecule has 2 aliphatic heterocycles. The number of aryl methyl sites for hydroxylation is 2. The Morgan fingerprint density at radius 3 is 1.42 bits per heavy atom. The summed E-state index contributed by atoms with van der Waals surface area (Å²) in [4.78, 5) is 48.5. The summed E-state index contributed by atoms with van der Waals surface area (Å²) in [5, 5.41) is 26.5. The summed E-state index contributed by atoms with van der Waals surface area (Å²) in [6.45, 7) is 17.3. The number of hydrogen-bond donors (Lipinski definition) is 1. The zero-order chi connectivity index (χ0) is 78.5. The number of benzene rings is 10. The molecule has 4 heterocycles. The molecule has 17 nitrogen and oxygen atoms in total. The highest BCUT2D eigenvalue weighted by Gasteiger charge is 2.35. The van der Waals surface area contributed by atoms with E-state index in [1.165, 1.54) is 10.6 Å². The van der Waals surface area contributed by atoms with Gasteiger partial charge in [-0.05, 0) is 238 Å². The number of nitrogens with zero attached hydrogens (tertiary/aromatic N) is 13. The number of rotatable bonds is 11. The second-order valence-corrected chi connectivity index (χ2v) is 27.7. The molecule has 552 valence electrons. The van der Waals surface area contributed by atoms with Gasteiger partial charge >= 0.3 is 0 Å². The number of hydrogen-bond acceptors (Lipinski definition) is 10. The lowest BCUT2D eigenvalue weighted by Crippen LogP contribution is -2.33. The summed E-state index contributed by atoms with van der Waals surface area (Å²) in [6.07, 6.45) is 0. The molecule has 10 aromatic carbocycles. The number of carbonyl (C=O) groups excluding carboxylic acids is 3. The van der Waals surface area contributed by atoms with E-state index in [4.69, 9.17) is 75.1 Å². The molecule has 12 aromatic rings. The molecule has 0 bridgehead atoms. The maximum atomic E-state index is 13.2. The lowest BCUT2D eigenvalue weighted by Gasteiger charge is -2.26. The Labute approximate surface area is 670 Å². The van der Waals surface area contributed by atoms with Crippen molar-refractivity contribution in [2.24, 2.45) is 5.11 Å². The van der Waals surface area contributed by atoms with Crippen molar-refractivity contribution in [1.29, 1.82) is 0 Å². The van der Waals surface area contributed by atoms with Crippen molar-refractivity contribution in [3.63, 3.8) is 0 Å². The van der Waals surface area contributed by atoms with E-state index in [0.29, 0.717) is 43.4 Å². The molecule has 1 N–H and O–H groups in total. The lowest BCUT2D eigenvalue weighted by molar-refractivity contribution is -0.121. The first kappa shape index (κ1) is 80.8. The van der Waals surface area contributed by atoms with Crippen LogP contribution in [0, 0.1) is 49.4 Å². The number of fused-ring (bicyclic) bond motifs is 6. The van der Waals surface area contributed by atoms with Gasteiger partial charge < -0.3 is 10.2 Å². The molecule has 0 spiro atoms. The summed E-state index contributed by atoms with van der Waals surface area (Å²) >= 11 is 35.8. The number of halogens is 6. The van der Waals surface area contributed by atoms with Crippen LogP contribution >= 0.6 is 69.6 Å². The van der Waals surface area contributed by atoms with Crippen molar-refractivity contribution in [3.05, 3.63) is 306 Å². The molecule has 4 unspecified atom stereocenters. The molecule has 0 saturated carbocycles. The normalized spacial score (nSPS) is 13.1. The van der Waals surface area contributed by atoms with E-state index in [-0.39, 0.29) is 23.8 Å². The minimum atomic E-state index is -0.853. The van der Waals surface area contributed by atoms with Crippen LogP contribution in [0.15, 0.2) is 248 Å². The molecule has 0 aliphatic carbocycles. The maximum Gasteiger partial charge on any atom is 0.256 e. The van der Waals surface area contributed by atoms with Crippen LogP contribution in [0.4, 0.5) is 56.9 Å². The number of azide groups is 1. The van der Waals surface area contributed by atoms with Gasteiger partial charge in [0.05, 0.1) is 57.3 Å². The summed E-state index contributed by atoms with van der Waals surface area (Å²) < 4.78 is 3.73. The fourth-order valence-electron chi connectivity index (χ4n) is 12.1. The standard InChI is InChI=1S/C18H15Cl2NO.2C18H15ClN4O.C18H17ClN4.C15H12ClN/c1-3-6-14-7-4-5-8-17(14)21(18(22)13(2)19)16-11-9-15(20)10-12-16;1-11-17-15-5-3-4-6-16(15)22(14-9-7-13(19)8-10-14)18(24)12(2)23(17)21-20-11;1-3-6-14-7-4-5-8-17(14)23(18(24)13(2)21-22-20)16-11-9-15(19)10-12-16;1-12-11-22(15-9-7-14(19)8-10-15)17-6-4-3-5-16(17)18-13(2)20-21-23(12)18;1-2-5-12-6-3-4-7-15(12)17-14-10-8-13(16)9-11-14/h4-5,7-13H,1-2H3;3-10,12H,1-2H3;4-5,7-13H,1-2H3;3-10,12H,11H2,1-2H3;3-4,6-11,17H,1H3. The summed E-state index contributed by atoms with van der Waals surface area (Å²) in [6, 6.07) is 74.7. The third kappa shape index (κ3) is 19.6. The van der Waals surface area contributed by atoms with Gasteiger partial charge in [-0.2, -0.15) is 0 Å². The number of nitrogens with one attached hydrogen (secondary N) is 1. The van der Waals surface area contributed by atoms with Gasteiger partial charge in [-0.3, -0.25) is 29.1 Å². The average molecular weight is 1580 g/mol. The minimum Gasteiger partial charge on any atom is -0.355 e. The van der Waals surface area contributed by atoms with E-state index in [1.54, 1.807) is 109 Å². The Hall–Kier alpha value is -11.8. The van der Waals surface area contributed by atoms with Crippen molar-refractivity contribution in [3.8, 4) is 58.0 Å². The highest BCUT2D eigenvalue weighted by molar-refractivity contribution is 6.34. The minimum absolute atomic E-state index is 0.0616. The van der Waals surface area contributed by atoms with Gasteiger partial charge in [-0.15, -0.1) is 39.6 Å². The molecule has 2 aromatic heterocycles. The van der Waals surface area contributed by atoms with Crippen molar-refractivity contribution >= 4 is 144 Å². The van der Waals surface area contributed by atoms with Crippen molar-refractivity contribution in [2.45, 2.75) is 85.8 Å². The van der Waals surface area contributed by atoms with Gasteiger partial charge in [-0.25, -0.2) is 9.36 Å². The summed E-state index contributed by atoms with van der Waals surface area (Å²) in [7, 11) is 0. The average Bonchev–Trinajstić information content (AvgIpc) is 1.59. The molecule has 110 heavy (non-hydrogen) atoms. The number of aromatic nitrogens is 6. The van der Waals surface area contributed by atoms with Gasteiger partial charge in [-0.1, -0.05) is 164 Å². The van der Waals surface area contributed by atoms with Crippen molar-refractivity contribution < 1.29 is 14.4 Å². The van der Waals surface area contributed by atoms with Crippen LogP contribution < -0.4 is 24.9 Å². The highest BCUT2D eigenvalue weighted by atomic mass is 35.5. The van der Waals surface area contributed by atoms with Crippen LogP contribution in [0.25, 0.3) is 33.0 Å². The fraction of sp³-hybridized carbons (Fsp3) is 0.161. The number of para-hydroxylation sites is 5. The Morgan fingerprint density at radius 1 is 0.518 bits per heavy atom. The number of carbonyl (C=O) groups is 3. The van der Waals surface area contributed by atoms with E-state index < -0.39 is 17.5 Å². The van der Waals surface area contributed by atoms with E-state index >= 15 is 0 Å². The third-order valence-electron chi connectivity index (χ3n) is 17.3. The summed E-state index contributed by atoms with van der Waals surface area (Å²) in [5.41, 5.74) is 25.5. The van der Waals surface area contributed by atoms with Crippen LogP contribution in [0.2, 0.25) is 25.1 Å². The van der Waals surface area contributed by atoms with Gasteiger partial charge in [0, 0.05) is 92.8 Å². The fourth-order valence-corrected chi connectivity index (χ4v) is 12.8. The van der Waals surface area contributed by atoms with Crippen LogP contribution in [-0.4, -0.2) is 65.7 Å². The van der Waals surface area contributed by atoms with Gasteiger partial charge in [0.15, 0.2) is 0 Å². The predicted molar refractivity (Wildman–Crippen MR) is 450 cm³/mol. The Kier molecular flexibility index (Phi) is 28.1. The number of amides is 3. The number of alkyl halides is 1. The topological polar surface area (TPSA) is 186 Å². The van der Waals surface area contributed by atoms with Crippen LogP contribution in [-0.2, 0) is 14.4 Å². The molecule has 14 rings (SSSR count). The first-order valence-electron chi connectivity index (χ1n) is 34.7. The van der Waals surface area contributed by atoms with Crippen LogP contribution in [0.1, 0.15) is 88.6 Å². The molecular formula is C87H74Cl6N14O3. The maximum absolute atomic E-state index is 13.2. The Bertz CT molecular complexity index is 5500. The van der Waals surface area contributed by atoms with Crippen LogP contribution in [0.3, 0.4) is 0 Å². The monoisotopic (exact) mass is 1570 g/mol. The predicted octanol–water partition coefficient (Wildman–Crippen LogP) is 23.3. The van der Waals surface area contributed by atoms with E-state index in [1.807, 2.05) is 172 Å². The first-order chi connectivity index (χ1) is 53.1. The van der Waals surface area contributed by atoms with Crippen molar-refractivity contribution in [1.82, 2.24) is 30.0 Å². The molecule has 3 amide bonds. The molecule has 0 saturated heterocycles.